The number of hydrogen-bond acceptors (Lipinski definition) is 3. The van der Waals surface area contributed by atoms with Crippen LogP contribution in [0.15, 0.2) is 0 Å². The normalized spacial score (nSPS) is 10.1. The van der Waals surface area contributed by atoms with Crippen LogP contribution in [-0.4, -0.2) is 25.7 Å². The fourth-order valence-electron chi connectivity index (χ4n) is 0.800. The lowest BCUT2D eigenvalue weighted by Gasteiger charge is -2.01. The molecular formula is C8H18N2O2. The first-order chi connectivity index (χ1) is 5.77. The predicted molar refractivity (Wildman–Crippen MR) is 47.5 cm³/mol. The van der Waals surface area contributed by atoms with E-state index in [2.05, 4.69) is 0 Å². The molecule has 1 amide bonds. The number of hydrogen-bond donors (Lipinski definition) is 2. The highest BCUT2D eigenvalue weighted by Gasteiger charge is 1.93. The lowest BCUT2D eigenvalue weighted by atomic mass is 10.2. The Bertz CT molecular complexity index is 118. The molecule has 0 radical (unpaired) electrons. The van der Waals surface area contributed by atoms with E-state index in [-0.39, 0.29) is 5.91 Å². The van der Waals surface area contributed by atoms with Gasteiger partial charge in [0.15, 0.2) is 0 Å². The van der Waals surface area contributed by atoms with Crippen LogP contribution in [0.25, 0.3) is 0 Å². The average molecular weight is 174 g/mol. The third-order valence-corrected chi connectivity index (χ3v) is 1.49. The molecule has 0 aromatic heterocycles. The van der Waals surface area contributed by atoms with E-state index < -0.39 is 0 Å². The summed E-state index contributed by atoms with van der Waals surface area (Å²) >= 11 is 0. The molecule has 0 saturated carbocycles. The van der Waals surface area contributed by atoms with Crippen LogP contribution in [0.2, 0.25) is 0 Å². The van der Waals surface area contributed by atoms with Gasteiger partial charge in [0.1, 0.15) is 0 Å². The molecule has 0 saturated heterocycles. The van der Waals surface area contributed by atoms with Gasteiger partial charge in [-0.3, -0.25) is 4.79 Å². The molecule has 0 heterocycles. The molecule has 0 atom stereocenters. The molecule has 0 aliphatic carbocycles. The van der Waals surface area contributed by atoms with Crippen LogP contribution in [0, 0.1) is 0 Å². The standard InChI is InChI=1S/C8H18N2O2/c9-5-2-1-3-6-12-7-4-8(10)11/h1-7,9H2,(H2,10,11). The van der Waals surface area contributed by atoms with Crippen LogP contribution in [0.1, 0.15) is 25.7 Å². The Morgan fingerprint density at radius 2 is 1.92 bits per heavy atom. The monoisotopic (exact) mass is 174 g/mol. The Morgan fingerprint density at radius 3 is 2.50 bits per heavy atom. The zero-order chi connectivity index (χ0) is 9.23. The minimum Gasteiger partial charge on any atom is -0.381 e. The summed E-state index contributed by atoms with van der Waals surface area (Å²) in [7, 11) is 0. The third-order valence-electron chi connectivity index (χ3n) is 1.49. The van der Waals surface area contributed by atoms with Crippen molar-refractivity contribution >= 4 is 5.91 Å². The van der Waals surface area contributed by atoms with Gasteiger partial charge in [-0.2, -0.15) is 0 Å². The molecule has 0 unspecified atom stereocenters. The van der Waals surface area contributed by atoms with E-state index in [0.29, 0.717) is 19.6 Å². The number of amides is 1. The number of unbranched alkanes of at least 4 members (excludes halogenated alkanes) is 2. The number of carbonyl (C=O) groups is 1. The Kier molecular flexibility index (Phi) is 8.05. The highest BCUT2D eigenvalue weighted by atomic mass is 16.5. The van der Waals surface area contributed by atoms with Crippen LogP contribution in [-0.2, 0) is 9.53 Å². The van der Waals surface area contributed by atoms with Gasteiger partial charge in [-0.15, -0.1) is 0 Å². The Balaban J connectivity index is 2.86. The quantitative estimate of drug-likeness (QED) is 0.509. The first kappa shape index (κ1) is 11.4. The average Bonchev–Trinajstić information content (AvgIpc) is 2.02. The van der Waals surface area contributed by atoms with Crippen molar-refractivity contribution in [2.45, 2.75) is 25.7 Å². The summed E-state index contributed by atoms with van der Waals surface area (Å²) in [6, 6.07) is 0. The number of ether oxygens (including phenoxy) is 1. The van der Waals surface area contributed by atoms with Crippen LogP contribution < -0.4 is 11.5 Å². The highest BCUT2D eigenvalue weighted by molar-refractivity contribution is 5.73. The van der Waals surface area contributed by atoms with Gasteiger partial charge in [-0.25, -0.2) is 0 Å². The van der Waals surface area contributed by atoms with Gasteiger partial charge >= 0.3 is 0 Å². The van der Waals surface area contributed by atoms with E-state index >= 15 is 0 Å². The zero-order valence-corrected chi connectivity index (χ0v) is 7.42. The number of carbonyl (C=O) groups excluding carboxylic acids is 1. The summed E-state index contributed by atoms with van der Waals surface area (Å²) in [6.07, 6.45) is 3.46. The molecule has 0 spiro atoms. The van der Waals surface area contributed by atoms with Gasteiger partial charge in [0.25, 0.3) is 0 Å². The smallest absolute Gasteiger partial charge is 0.219 e. The van der Waals surface area contributed by atoms with Crippen molar-refractivity contribution < 1.29 is 9.53 Å². The Morgan fingerprint density at radius 1 is 1.17 bits per heavy atom. The first-order valence-electron chi connectivity index (χ1n) is 4.33. The third kappa shape index (κ3) is 9.39. The van der Waals surface area contributed by atoms with Gasteiger partial charge < -0.3 is 16.2 Å². The first-order valence-corrected chi connectivity index (χ1v) is 4.33. The van der Waals surface area contributed by atoms with Gasteiger partial charge in [0, 0.05) is 13.0 Å². The van der Waals surface area contributed by atoms with Crippen LogP contribution in [0.5, 0.6) is 0 Å². The zero-order valence-electron chi connectivity index (χ0n) is 7.42. The van der Waals surface area contributed by atoms with E-state index in [1.54, 1.807) is 0 Å². The maximum Gasteiger partial charge on any atom is 0.219 e. The second-order valence-corrected chi connectivity index (χ2v) is 2.68. The maximum absolute atomic E-state index is 10.3. The molecule has 0 aliphatic rings. The van der Waals surface area contributed by atoms with E-state index in [1.807, 2.05) is 0 Å². The molecule has 4 heteroatoms. The number of nitrogens with two attached hydrogens (primary N) is 2. The van der Waals surface area contributed by atoms with E-state index in [1.165, 1.54) is 0 Å². The van der Waals surface area contributed by atoms with Crippen molar-refractivity contribution in [2.24, 2.45) is 11.5 Å². The van der Waals surface area contributed by atoms with Crippen LogP contribution in [0.4, 0.5) is 0 Å². The Hall–Kier alpha value is -0.610. The topological polar surface area (TPSA) is 78.3 Å². The SMILES string of the molecule is NCCCCCOCCC(N)=O. The molecule has 0 aromatic carbocycles. The van der Waals surface area contributed by atoms with Gasteiger partial charge in [0.2, 0.25) is 5.91 Å². The molecule has 0 aromatic rings. The fourth-order valence-corrected chi connectivity index (χ4v) is 0.800. The molecule has 0 fully saturated rings. The summed E-state index contributed by atoms with van der Waals surface area (Å²) in [6.45, 7) is 1.88. The molecule has 12 heavy (non-hydrogen) atoms. The van der Waals surface area contributed by atoms with Crippen molar-refractivity contribution in [3.8, 4) is 0 Å². The van der Waals surface area contributed by atoms with Gasteiger partial charge in [-0.05, 0) is 25.8 Å². The summed E-state index contributed by atoms with van der Waals surface area (Å²) in [5.41, 5.74) is 10.2. The van der Waals surface area contributed by atoms with Crippen molar-refractivity contribution in [1.29, 1.82) is 0 Å². The summed E-state index contributed by atoms with van der Waals surface area (Å²) in [5, 5.41) is 0. The van der Waals surface area contributed by atoms with Crippen LogP contribution >= 0.6 is 0 Å². The number of primary amides is 1. The second-order valence-electron chi connectivity index (χ2n) is 2.68. The number of rotatable bonds is 8. The minimum absolute atomic E-state index is 0.308. The van der Waals surface area contributed by atoms with Crippen molar-refractivity contribution in [3.63, 3.8) is 0 Å². The van der Waals surface area contributed by atoms with Crippen molar-refractivity contribution in [3.05, 3.63) is 0 Å². The predicted octanol–water partition coefficient (Wildman–Crippen LogP) is 0.00740. The van der Waals surface area contributed by atoms with Gasteiger partial charge in [-0.1, -0.05) is 0 Å². The van der Waals surface area contributed by atoms with E-state index in [0.717, 1.165) is 25.8 Å². The lowest BCUT2D eigenvalue weighted by Crippen LogP contribution is -2.13. The molecule has 4 N–H and O–H groups in total. The summed E-state index contributed by atoms with van der Waals surface area (Å²) in [5.74, 6) is -0.308. The highest BCUT2D eigenvalue weighted by Crippen LogP contribution is 1.94. The molecular weight excluding hydrogens is 156 g/mol. The van der Waals surface area contributed by atoms with Crippen molar-refractivity contribution in [2.75, 3.05) is 19.8 Å². The van der Waals surface area contributed by atoms with E-state index in [9.17, 15) is 4.79 Å². The molecule has 72 valence electrons. The summed E-state index contributed by atoms with van der Waals surface area (Å²) in [4.78, 5) is 10.3. The second kappa shape index (κ2) is 8.49. The van der Waals surface area contributed by atoms with E-state index in [4.69, 9.17) is 16.2 Å². The molecule has 0 rings (SSSR count). The summed E-state index contributed by atoms with van der Waals surface area (Å²) < 4.78 is 5.15. The largest absolute Gasteiger partial charge is 0.381 e. The van der Waals surface area contributed by atoms with Crippen molar-refractivity contribution in [1.82, 2.24) is 0 Å². The Labute approximate surface area is 73.2 Å². The molecule has 0 aliphatic heterocycles. The molecule has 4 nitrogen and oxygen atoms in total. The minimum atomic E-state index is -0.308. The van der Waals surface area contributed by atoms with Crippen LogP contribution in [0.3, 0.4) is 0 Å². The van der Waals surface area contributed by atoms with Gasteiger partial charge in [0.05, 0.1) is 6.61 Å². The fraction of sp³-hybridized carbons (Fsp3) is 0.875. The maximum atomic E-state index is 10.3. The molecule has 0 bridgehead atoms. The lowest BCUT2D eigenvalue weighted by molar-refractivity contribution is -0.119.